The van der Waals surface area contributed by atoms with Gasteiger partial charge in [0.1, 0.15) is 5.69 Å². The molecular formula is C24H15Cl3N2O2. The van der Waals surface area contributed by atoms with Crippen molar-refractivity contribution in [3.63, 3.8) is 0 Å². The Bertz CT molecular complexity index is 1290. The lowest BCUT2D eigenvalue weighted by atomic mass is 9.88. The van der Waals surface area contributed by atoms with Crippen LogP contribution < -0.4 is 5.32 Å². The van der Waals surface area contributed by atoms with Crippen LogP contribution >= 0.6 is 34.8 Å². The van der Waals surface area contributed by atoms with Gasteiger partial charge >= 0.3 is 0 Å². The molecule has 31 heavy (non-hydrogen) atoms. The van der Waals surface area contributed by atoms with Crippen molar-refractivity contribution < 1.29 is 9.32 Å². The number of rotatable bonds is 3. The molecule has 0 aliphatic heterocycles. The number of amides is 1. The molecule has 3 aromatic carbocycles. The van der Waals surface area contributed by atoms with Gasteiger partial charge in [-0.25, -0.2) is 0 Å². The van der Waals surface area contributed by atoms with Crippen molar-refractivity contribution in [2.24, 2.45) is 0 Å². The average molecular weight is 470 g/mol. The molecule has 0 atom stereocenters. The third kappa shape index (κ3) is 3.72. The van der Waals surface area contributed by atoms with E-state index in [0.717, 1.165) is 41.0 Å². The summed E-state index contributed by atoms with van der Waals surface area (Å²) in [4.78, 5) is 12.6. The fraction of sp³-hybridized carbons (Fsp3) is 0.0833. The van der Waals surface area contributed by atoms with E-state index >= 15 is 0 Å². The molecule has 1 heterocycles. The third-order valence-electron chi connectivity index (χ3n) is 5.34. The van der Waals surface area contributed by atoms with Crippen molar-refractivity contribution >= 4 is 46.4 Å². The summed E-state index contributed by atoms with van der Waals surface area (Å²) >= 11 is 18.2. The van der Waals surface area contributed by atoms with Gasteiger partial charge in [0.15, 0.2) is 5.76 Å². The van der Waals surface area contributed by atoms with E-state index in [1.54, 1.807) is 12.1 Å². The summed E-state index contributed by atoms with van der Waals surface area (Å²) in [6.07, 6.45) is 1.82. The molecule has 4 nitrogen and oxygen atoms in total. The lowest BCUT2D eigenvalue weighted by molar-refractivity contribution is 0.102. The Morgan fingerprint density at radius 1 is 0.935 bits per heavy atom. The molecule has 1 amide bonds. The number of aryl methyl sites for hydroxylation is 1. The Balaban J connectivity index is 1.40. The molecule has 5 rings (SSSR count). The SMILES string of the molecule is O=C(Nc1ccc(-c2onc3c2CCc2ccccc2-3)cc1)c1c(Cl)cc(Cl)cc1Cl. The van der Waals surface area contributed by atoms with Gasteiger partial charge in [-0.1, -0.05) is 64.2 Å². The summed E-state index contributed by atoms with van der Waals surface area (Å²) in [5.41, 5.74) is 6.10. The van der Waals surface area contributed by atoms with Crippen molar-refractivity contribution in [2.45, 2.75) is 12.8 Å². The summed E-state index contributed by atoms with van der Waals surface area (Å²) in [6, 6.07) is 18.6. The first-order valence-electron chi connectivity index (χ1n) is 9.64. The van der Waals surface area contributed by atoms with Crippen LogP contribution in [0.3, 0.4) is 0 Å². The van der Waals surface area contributed by atoms with E-state index in [2.05, 4.69) is 22.6 Å². The molecule has 1 aromatic heterocycles. The van der Waals surface area contributed by atoms with E-state index < -0.39 is 5.91 Å². The highest BCUT2D eigenvalue weighted by molar-refractivity contribution is 6.42. The molecule has 1 aliphatic carbocycles. The number of fused-ring (bicyclic) bond motifs is 3. The maximum absolute atomic E-state index is 12.6. The summed E-state index contributed by atoms with van der Waals surface area (Å²) in [7, 11) is 0. The minimum Gasteiger partial charge on any atom is -0.355 e. The molecule has 154 valence electrons. The molecule has 0 unspecified atom stereocenters. The van der Waals surface area contributed by atoms with Gasteiger partial charge in [-0.2, -0.15) is 0 Å². The molecular weight excluding hydrogens is 455 g/mol. The highest BCUT2D eigenvalue weighted by Gasteiger charge is 2.24. The Morgan fingerprint density at radius 3 is 2.39 bits per heavy atom. The monoisotopic (exact) mass is 468 g/mol. The summed E-state index contributed by atoms with van der Waals surface area (Å²) in [5.74, 6) is 0.347. The van der Waals surface area contributed by atoms with Crippen LogP contribution in [-0.4, -0.2) is 11.1 Å². The maximum Gasteiger partial charge on any atom is 0.258 e. The second-order valence-electron chi connectivity index (χ2n) is 7.27. The van der Waals surface area contributed by atoms with E-state index in [0.29, 0.717) is 10.7 Å². The molecule has 0 saturated carbocycles. The van der Waals surface area contributed by atoms with Crippen LogP contribution in [0.2, 0.25) is 15.1 Å². The Labute approximate surface area is 193 Å². The largest absolute Gasteiger partial charge is 0.355 e. The number of anilines is 1. The molecule has 0 saturated heterocycles. The van der Waals surface area contributed by atoms with Gasteiger partial charge in [0, 0.05) is 27.4 Å². The Hall–Kier alpha value is -2.79. The fourth-order valence-electron chi connectivity index (χ4n) is 3.87. The van der Waals surface area contributed by atoms with Gasteiger partial charge < -0.3 is 9.84 Å². The van der Waals surface area contributed by atoms with Crippen molar-refractivity contribution in [3.05, 3.63) is 92.4 Å². The minimum atomic E-state index is -0.409. The van der Waals surface area contributed by atoms with Crippen LogP contribution in [0, 0.1) is 0 Å². The first kappa shape index (κ1) is 20.1. The molecule has 0 spiro atoms. The average Bonchev–Trinajstić information content (AvgIpc) is 3.18. The molecule has 7 heteroatoms. The number of halogens is 3. The highest BCUT2D eigenvalue weighted by Crippen LogP contribution is 2.38. The topological polar surface area (TPSA) is 55.1 Å². The zero-order valence-electron chi connectivity index (χ0n) is 16.1. The third-order valence-corrected chi connectivity index (χ3v) is 6.16. The molecule has 0 radical (unpaired) electrons. The molecule has 0 bridgehead atoms. The second-order valence-corrected chi connectivity index (χ2v) is 8.52. The highest BCUT2D eigenvalue weighted by atomic mass is 35.5. The quantitative estimate of drug-likeness (QED) is 0.342. The van der Waals surface area contributed by atoms with Crippen LogP contribution in [0.15, 0.2) is 65.2 Å². The number of aromatic nitrogens is 1. The van der Waals surface area contributed by atoms with Crippen LogP contribution in [-0.2, 0) is 12.8 Å². The summed E-state index contributed by atoms with van der Waals surface area (Å²) in [6.45, 7) is 0. The summed E-state index contributed by atoms with van der Waals surface area (Å²) in [5, 5.41) is 7.90. The van der Waals surface area contributed by atoms with Crippen molar-refractivity contribution in [2.75, 3.05) is 5.32 Å². The van der Waals surface area contributed by atoms with Crippen LogP contribution in [0.25, 0.3) is 22.6 Å². The second kappa shape index (κ2) is 8.04. The number of nitrogens with one attached hydrogen (secondary N) is 1. The maximum atomic E-state index is 12.6. The van der Waals surface area contributed by atoms with Crippen LogP contribution in [0.5, 0.6) is 0 Å². The fourth-order valence-corrected chi connectivity index (χ4v) is 4.85. The number of nitrogens with zero attached hydrogens (tertiary/aromatic N) is 1. The molecule has 0 fully saturated rings. The predicted octanol–water partition coefficient (Wildman–Crippen LogP) is 7.32. The number of benzene rings is 3. The predicted molar refractivity (Wildman–Crippen MR) is 124 cm³/mol. The van der Waals surface area contributed by atoms with Gasteiger partial charge in [-0.15, -0.1) is 0 Å². The smallest absolute Gasteiger partial charge is 0.258 e. The molecule has 1 aliphatic rings. The van der Waals surface area contributed by atoms with E-state index in [-0.39, 0.29) is 15.6 Å². The van der Waals surface area contributed by atoms with Gasteiger partial charge in [0.2, 0.25) is 0 Å². The Morgan fingerprint density at radius 2 is 1.65 bits per heavy atom. The number of carbonyl (C=O) groups is 1. The van der Waals surface area contributed by atoms with Gasteiger partial charge in [0.25, 0.3) is 5.91 Å². The lowest BCUT2D eigenvalue weighted by Crippen LogP contribution is -2.13. The zero-order chi connectivity index (χ0) is 21.5. The number of carbonyl (C=O) groups excluding carboxylic acids is 1. The van der Waals surface area contributed by atoms with Crippen LogP contribution in [0.4, 0.5) is 5.69 Å². The van der Waals surface area contributed by atoms with Crippen molar-refractivity contribution in [1.82, 2.24) is 5.16 Å². The van der Waals surface area contributed by atoms with E-state index in [4.69, 9.17) is 39.3 Å². The molecule has 4 aromatic rings. The first-order valence-corrected chi connectivity index (χ1v) is 10.8. The summed E-state index contributed by atoms with van der Waals surface area (Å²) < 4.78 is 5.71. The van der Waals surface area contributed by atoms with E-state index in [1.165, 1.54) is 17.7 Å². The minimum absolute atomic E-state index is 0.180. The van der Waals surface area contributed by atoms with Crippen molar-refractivity contribution in [1.29, 1.82) is 0 Å². The standard InChI is InChI=1S/C24H15Cl3N2O2/c25-15-11-19(26)21(20(27)12-15)24(30)28-16-8-5-14(6-9-16)23-18-10-7-13-3-1-2-4-17(13)22(18)29-31-23/h1-6,8-9,11-12H,7,10H2,(H,28,30). The van der Waals surface area contributed by atoms with E-state index in [1.807, 2.05) is 24.3 Å². The Kier molecular flexibility index (Phi) is 5.22. The van der Waals surface area contributed by atoms with Crippen LogP contribution in [0.1, 0.15) is 21.5 Å². The lowest BCUT2D eigenvalue weighted by Gasteiger charge is -2.14. The van der Waals surface area contributed by atoms with Gasteiger partial charge in [-0.3, -0.25) is 4.79 Å². The van der Waals surface area contributed by atoms with Gasteiger partial charge in [-0.05, 0) is 54.8 Å². The normalized spacial score (nSPS) is 12.2. The zero-order valence-corrected chi connectivity index (χ0v) is 18.4. The van der Waals surface area contributed by atoms with Crippen molar-refractivity contribution in [3.8, 4) is 22.6 Å². The number of hydrogen-bond donors (Lipinski definition) is 1. The van der Waals surface area contributed by atoms with E-state index in [9.17, 15) is 4.79 Å². The number of hydrogen-bond acceptors (Lipinski definition) is 3. The van der Waals surface area contributed by atoms with Gasteiger partial charge in [0.05, 0.1) is 15.6 Å². The molecule has 1 N–H and O–H groups in total. The first-order chi connectivity index (χ1) is 15.0.